The van der Waals surface area contributed by atoms with E-state index in [0.29, 0.717) is 11.3 Å². The first kappa shape index (κ1) is 12.7. The van der Waals surface area contributed by atoms with Gasteiger partial charge < -0.3 is 4.74 Å². The maximum absolute atomic E-state index is 12.0. The molecular weight excluding hydrogens is 267 g/mol. The van der Waals surface area contributed by atoms with Crippen LogP contribution in [0.15, 0.2) is 36.5 Å². The number of alkyl halides is 3. The van der Waals surface area contributed by atoms with Gasteiger partial charge in [-0.25, -0.2) is 0 Å². The second-order valence-electron chi connectivity index (χ2n) is 3.34. The van der Waals surface area contributed by atoms with Crippen molar-refractivity contribution in [1.82, 2.24) is 4.98 Å². The quantitative estimate of drug-likeness (QED) is 0.821. The third kappa shape index (κ3) is 3.13. The number of hydrogen-bond acceptors (Lipinski definition) is 2. The van der Waals surface area contributed by atoms with Gasteiger partial charge in [-0.3, -0.25) is 4.98 Å². The number of rotatable bonds is 2. The van der Waals surface area contributed by atoms with Gasteiger partial charge in [-0.15, -0.1) is 13.2 Å². The molecule has 1 aromatic heterocycles. The first-order chi connectivity index (χ1) is 8.46. The van der Waals surface area contributed by atoms with Crippen LogP contribution >= 0.6 is 11.6 Å². The summed E-state index contributed by atoms with van der Waals surface area (Å²) in [7, 11) is 0. The molecule has 1 aromatic carbocycles. The number of aromatic nitrogens is 1. The van der Waals surface area contributed by atoms with Crippen molar-refractivity contribution in [3.05, 3.63) is 47.6 Å². The molecule has 0 fully saturated rings. The van der Waals surface area contributed by atoms with Gasteiger partial charge in [0.05, 0.1) is 10.7 Å². The summed E-state index contributed by atoms with van der Waals surface area (Å²) in [4.78, 5) is 4.02. The Labute approximate surface area is 106 Å². The second kappa shape index (κ2) is 4.86. The van der Waals surface area contributed by atoms with Crippen molar-refractivity contribution >= 4 is 11.6 Å². The van der Waals surface area contributed by atoms with E-state index in [9.17, 15) is 13.2 Å². The Bertz CT molecular complexity index is 543. The molecule has 0 spiro atoms. The molecule has 2 aromatic rings. The minimum Gasteiger partial charge on any atom is -0.404 e. The molecule has 0 atom stereocenters. The molecule has 93 valence electrons. The van der Waals surface area contributed by atoms with Crippen molar-refractivity contribution in [2.75, 3.05) is 0 Å². The summed E-state index contributed by atoms with van der Waals surface area (Å²) in [6.45, 7) is 0. The van der Waals surface area contributed by atoms with Crippen LogP contribution in [0.5, 0.6) is 5.75 Å². The van der Waals surface area contributed by atoms with Crippen molar-refractivity contribution in [2.24, 2.45) is 0 Å². The SMILES string of the molecule is FC(F)(F)Oc1ccc(-c2cc[c]cn2)cc1Cl. The van der Waals surface area contributed by atoms with E-state index in [4.69, 9.17) is 11.6 Å². The number of nitrogens with zero attached hydrogens (tertiary/aromatic N) is 1. The Kier molecular flexibility index (Phi) is 3.43. The minimum absolute atomic E-state index is 0.126. The van der Waals surface area contributed by atoms with E-state index in [1.54, 1.807) is 12.1 Å². The Morgan fingerprint density at radius 3 is 2.56 bits per heavy atom. The molecule has 2 rings (SSSR count). The molecule has 0 amide bonds. The molecule has 0 N–H and O–H groups in total. The summed E-state index contributed by atoms with van der Waals surface area (Å²) in [6, 6.07) is 10.0. The van der Waals surface area contributed by atoms with Gasteiger partial charge in [-0.05, 0) is 24.3 Å². The van der Waals surface area contributed by atoms with Gasteiger partial charge in [-0.1, -0.05) is 17.7 Å². The maximum Gasteiger partial charge on any atom is 0.573 e. The Hall–Kier alpha value is -1.75. The van der Waals surface area contributed by atoms with E-state index in [1.165, 1.54) is 18.3 Å². The fraction of sp³-hybridized carbons (Fsp3) is 0.0833. The zero-order chi connectivity index (χ0) is 13.2. The molecule has 0 unspecified atom stereocenters. The van der Waals surface area contributed by atoms with Crippen LogP contribution in [0, 0.1) is 6.07 Å². The van der Waals surface area contributed by atoms with Crippen LogP contribution in [-0.4, -0.2) is 11.3 Å². The van der Waals surface area contributed by atoms with Crippen LogP contribution in [0.4, 0.5) is 13.2 Å². The molecule has 18 heavy (non-hydrogen) atoms. The summed E-state index contributed by atoms with van der Waals surface area (Å²) in [5, 5.41) is -0.126. The van der Waals surface area contributed by atoms with Gasteiger partial charge in [0.25, 0.3) is 0 Å². The molecule has 2 nitrogen and oxygen atoms in total. The molecular formula is C12H6ClF3NO. The predicted molar refractivity (Wildman–Crippen MR) is 60.2 cm³/mol. The summed E-state index contributed by atoms with van der Waals surface area (Å²) in [5.74, 6) is -0.435. The van der Waals surface area contributed by atoms with Crippen LogP contribution in [0.3, 0.4) is 0 Å². The zero-order valence-electron chi connectivity index (χ0n) is 8.83. The van der Waals surface area contributed by atoms with E-state index in [-0.39, 0.29) is 5.02 Å². The fourth-order valence-corrected chi connectivity index (χ4v) is 1.58. The van der Waals surface area contributed by atoms with Crippen LogP contribution in [0.25, 0.3) is 11.3 Å². The minimum atomic E-state index is -4.76. The topological polar surface area (TPSA) is 22.1 Å². The average Bonchev–Trinajstić information content (AvgIpc) is 2.31. The van der Waals surface area contributed by atoms with E-state index >= 15 is 0 Å². The van der Waals surface area contributed by atoms with E-state index in [1.807, 2.05) is 0 Å². The monoisotopic (exact) mass is 272 g/mol. The standard InChI is InChI=1S/C12H6ClF3NO/c13-9-7-8(10-3-1-2-6-17-10)4-5-11(9)18-12(14,15)16/h1,3-7H. The predicted octanol–water partition coefficient (Wildman–Crippen LogP) is 4.10. The molecule has 0 aliphatic rings. The summed E-state index contributed by atoms with van der Waals surface area (Å²) < 4.78 is 39.9. The van der Waals surface area contributed by atoms with Crippen LogP contribution in [0.2, 0.25) is 5.02 Å². The largest absolute Gasteiger partial charge is 0.573 e. The van der Waals surface area contributed by atoms with Crippen molar-refractivity contribution in [3.8, 4) is 17.0 Å². The van der Waals surface area contributed by atoms with Gasteiger partial charge in [0.15, 0.2) is 0 Å². The third-order valence-electron chi connectivity index (χ3n) is 2.07. The normalized spacial score (nSPS) is 11.3. The van der Waals surface area contributed by atoms with Gasteiger partial charge >= 0.3 is 6.36 Å². The van der Waals surface area contributed by atoms with Crippen molar-refractivity contribution in [3.63, 3.8) is 0 Å². The fourth-order valence-electron chi connectivity index (χ4n) is 1.36. The van der Waals surface area contributed by atoms with Gasteiger partial charge in [0, 0.05) is 17.8 Å². The number of ether oxygens (including phenoxy) is 1. The Morgan fingerprint density at radius 1 is 1.22 bits per heavy atom. The number of halogens is 4. The third-order valence-corrected chi connectivity index (χ3v) is 2.36. The van der Waals surface area contributed by atoms with E-state index < -0.39 is 12.1 Å². The molecule has 0 saturated heterocycles. The first-order valence-electron chi connectivity index (χ1n) is 4.83. The van der Waals surface area contributed by atoms with Crippen LogP contribution in [0.1, 0.15) is 0 Å². The van der Waals surface area contributed by atoms with Gasteiger partial charge in [-0.2, -0.15) is 0 Å². The Balaban J connectivity index is 2.31. The highest BCUT2D eigenvalue weighted by atomic mass is 35.5. The molecule has 0 bridgehead atoms. The molecule has 1 heterocycles. The maximum atomic E-state index is 12.0. The molecule has 6 heteroatoms. The van der Waals surface area contributed by atoms with Gasteiger partial charge in [0.1, 0.15) is 5.75 Å². The average molecular weight is 273 g/mol. The number of benzene rings is 1. The summed E-state index contributed by atoms with van der Waals surface area (Å²) in [5.41, 5.74) is 1.19. The highest BCUT2D eigenvalue weighted by molar-refractivity contribution is 6.32. The lowest BCUT2D eigenvalue weighted by molar-refractivity contribution is -0.274. The van der Waals surface area contributed by atoms with Gasteiger partial charge in [0.2, 0.25) is 0 Å². The highest BCUT2D eigenvalue weighted by Gasteiger charge is 2.32. The lowest BCUT2D eigenvalue weighted by Gasteiger charge is -2.11. The van der Waals surface area contributed by atoms with E-state index in [0.717, 1.165) is 6.07 Å². The summed E-state index contributed by atoms with van der Waals surface area (Å²) in [6.07, 6.45) is -3.30. The number of pyridine rings is 1. The highest BCUT2D eigenvalue weighted by Crippen LogP contribution is 2.33. The van der Waals surface area contributed by atoms with Crippen LogP contribution in [-0.2, 0) is 0 Å². The lowest BCUT2D eigenvalue weighted by Crippen LogP contribution is -2.17. The first-order valence-corrected chi connectivity index (χ1v) is 5.21. The Morgan fingerprint density at radius 2 is 2.00 bits per heavy atom. The van der Waals surface area contributed by atoms with E-state index in [2.05, 4.69) is 15.8 Å². The van der Waals surface area contributed by atoms with Crippen LogP contribution < -0.4 is 4.74 Å². The summed E-state index contributed by atoms with van der Waals surface area (Å²) >= 11 is 5.72. The molecule has 0 aliphatic heterocycles. The lowest BCUT2D eigenvalue weighted by atomic mass is 10.1. The zero-order valence-corrected chi connectivity index (χ0v) is 9.59. The molecule has 0 aliphatic carbocycles. The number of hydrogen-bond donors (Lipinski definition) is 0. The second-order valence-corrected chi connectivity index (χ2v) is 3.74. The van der Waals surface area contributed by atoms with Crippen molar-refractivity contribution < 1.29 is 17.9 Å². The van der Waals surface area contributed by atoms with Crippen molar-refractivity contribution in [2.45, 2.75) is 6.36 Å². The smallest absolute Gasteiger partial charge is 0.404 e. The molecule has 0 saturated carbocycles. The molecule has 1 radical (unpaired) electrons. The van der Waals surface area contributed by atoms with Crippen molar-refractivity contribution in [1.29, 1.82) is 0 Å².